The summed E-state index contributed by atoms with van der Waals surface area (Å²) in [6, 6.07) is 3.69. The monoisotopic (exact) mass is 277 g/mol. The summed E-state index contributed by atoms with van der Waals surface area (Å²) < 4.78 is 1.68. The van der Waals surface area contributed by atoms with Gasteiger partial charge in [0.05, 0.1) is 18.3 Å². The molecule has 0 radical (unpaired) electrons. The molecule has 1 amide bonds. The Kier molecular flexibility index (Phi) is 3.31. The molecule has 21 heavy (non-hydrogen) atoms. The normalized spacial score (nSPS) is 10.2. The van der Waals surface area contributed by atoms with Crippen molar-refractivity contribution in [1.82, 2.24) is 24.7 Å². The van der Waals surface area contributed by atoms with Crippen molar-refractivity contribution >= 4 is 11.4 Å². The number of pyridine rings is 1. The predicted octanol–water partition coefficient (Wildman–Crippen LogP) is 1.15. The van der Waals surface area contributed by atoms with Crippen LogP contribution in [0.5, 0.6) is 0 Å². The molecule has 0 saturated heterocycles. The molecule has 0 aromatic carbocycles. The lowest BCUT2D eigenvalue weighted by Gasteiger charge is -1.99. The summed E-state index contributed by atoms with van der Waals surface area (Å²) in [5.74, 6) is 2.30. The molecular weight excluding hydrogens is 266 g/mol. The van der Waals surface area contributed by atoms with Gasteiger partial charge in [0.2, 0.25) is 5.82 Å². The van der Waals surface area contributed by atoms with E-state index in [0.717, 1.165) is 11.1 Å². The number of carbonyl (C=O) groups is 1. The van der Waals surface area contributed by atoms with E-state index in [0.29, 0.717) is 5.69 Å². The zero-order chi connectivity index (χ0) is 14.7. The molecule has 0 bridgehead atoms. The lowest BCUT2D eigenvalue weighted by atomic mass is 10.2. The highest BCUT2D eigenvalue weighted by Crippen LogP contribution is 2.23. The number of aromatic nitrogens is 4. The minimum absolute atomic E-state index is 0.154. The van der Waals surface area contributed by atoms with Crippen LogP contribution in [0.3, 0.4) is 0 Å². The first kappa shape index (κ1) is 12.8. The molecule has 1 N–H and O–H groups in total. The molecule has 0 fully saturated rings. The van der Waals surface area contributed by atoms with E-state index in [2.05, 4.69) is 26.2 Å². The van der Waals surface area contributed by atoms with Crippen LogP contribution < -0.4 is 5.32 Å². The van der Waals surface area contributed by atoms with Gasteiger partial charge in [0, 0.05) is 30.4 Å². The van der Waals surface area contributed by atoms with Gasteiger partial charge in [0.1, 0.15) is 5.69 Å². The van der Waals surface area contributed by atoms with E-state index < -0.39 is 0 Å². The topological polar surface area (TPSA) is 72.2 Å². The van der Waals surface area contributed by atoms with Gasteiger partial charge in [-0.3, -0.25) is 19.2 Å². The summed E-state index contributed by atoms with van der Waals surface area (Å²) in [7, 11) is 0. The Balaban J connectivity index is 2.15. The fraction of sp³-hybridized carbons (Fsp3) is 0.0667. The second-order valence-corrected chi connectivity index (χ2v) is 4.24. The number of hydrogen-bond donors (Lipinski definition) is 1. The molecule has 0 spiro atoms. The molecule has 6 heteroatoms. The first-order chi connectivity index (χ1) is 10.3. The molecule has 6 nitrogen and oxygen atoms in total. The molecule has 0 saturated carbocycles. The van der Waals surface area contributed by atoms with E-state index in [1.54, 1.807) is 35.4 Å². The number of fused-ring (bicyclic) bond motifs is 1. The van der Waals surface area contributed by atoms with Crippen LogP contribution in [-0.4, -0.2) is 31.8 Å². The summed E-state index contributed by atoms with van der Waals surface area (Å²) in [6.07, 6.45) is 13.5. The second-order valence-electron chi connectivity index (χ2n) is 4.24. The SMILES string of the molecule is C#CCNC(=O)c1nc(-c2cccnc2)c2cnccn12. The Morgan fingerprint density at radius 3 is 2.95 bits per heavy atom. The molecule has 3 rings (SSSR count). The average molecular weight is 277 g/mol. The van der Waals surface area contributed by atoms with Gasteiger partial charge in [-0.25, -0.2) is 4.98 Å². The fourth-order valence-electron chi connectivity index (χ4n) is 2.02. The average Bonchev–Trinajstić information content (AvgIpc) is 2.93. The van der Waals surface area contributed by atoms with E-state index in [1.807, 2.05) is 12.1 Å². The van der Waals surface area contributed by atoms with Crippen LogP contribution in [0.25, 0.3) is 16.8 Å². The van der Waals surface area contributed by atoms with Crippen LogP contribution in [0.15, 0.2) is 43.1 Å². The van der Waals surface area contributed by atoms with Crippen LogP contribution >= 0.6 is 0 Å². The Bertz CT molecular complexity index is 832. The van der Waals surface area contributed by atoms with Gasteiger partial charge < -0.3 is 5.32 Å². The number of nitrogens with zero attached hydrogens (tertiary/aromatic N) is 4. The van der Waals surface area contributed by atoms with Gasteiger partial charge in [-0.05, 0) is 12.1 Å². The summed E-state index contributed by atoms with van der Waals surface area (Å²) in [4.78, 5) is 24.7. The largest absolute Gasteiger partial charge is 0.338 e. The fourth-order valence-corrected chi connectivity index (χ4v) is 2.02. The summed E-state index contributed by atoms with van der Waals surface area (Å²) >= 11 is 0. The van der Waals surface area contributed by atoms with Crippen molar-refractivity contribution in [3.63, 3.8) is 0 Å². The van der Waals surface area contributed by atoms with Gasteiger partial charge in [0.25, 0.3) is 5.91 Å². The highest BCUT2D eigenvalue weighted by molar-refractivity contribution is 5.94. The first-order valence-electron chi connectivity index (χ1n) is 6.25. The van der Waals surface area contributed by atoms with Crippen molar-refractivity contribution in [2.75, 3.05) is 6.54 Å². The Morgan fingerprint density at radius 1 is 1.33 bits per heavy atom. The van der Waals surface area contributed by atoms with Crippen molar-refractivity contribution in [3.05, 3.63) is 48.9 Å². The van der Waals surface area contributed by atoms with Crippen LogP contribution in [0, 0.1) is 12.3 Å². The van der Waals surface area contributed by atoms with E-state index in [1.165, 1.54) is 0 Å². The number of amides is 1. The van der Waals surface area contributed by atoms with Crippen molar-refractivity contribution in [1.29, 1.82) is 0 Å². The number of terminal acetylenes is 1. The van der Waals surface area contributed by atoms with Crippen LogP contribution in [0.2, 0.25) is 0 Å². The highest BCUT2D eigenvalue weighted by atomic mass is 16.2. The molecule has 0 unspecified atom stereocenters. The zero-order valence-corrected chi connectivity index (χ0v) is 11.0. The molecule has 3 aromatic rings. The maximum Gasteiger partial charge on any atom is 0.288 e. The predicted molar refractivity (Wildman–Crippen MR) is 77.4 cm³/mol. The highest BCUT2D eigenvalue weighted by Gasteiger charge is 2.17. The number of nitrogens with one attached hydrogen (secondary N) is 1. The lowest BCUT2D eigenvalue weighted by molar-refractivity contribution is 0.0948. The van der Waals surface area contributed by atoms with Gasteiger partial charge in [-0.2, -0.15) is 0 Å². The van der Waals surface area contributed by atoms with E-state index >= 15 is 0 Å². The molecule has 0 atom stereocenters. The van der Waals surface area contributed by atoms with E-state index in [4.69, 9.17) is 6.42 Å². The third kappa shape index (κ3) is 2.32. The van der Waals surface area contributed by atoms with Crippen molar-refractivity contribution in [2.24, 2.45) is 0 Å². The molecule has 3 aromatic heterocycles. The second kappa shape index (κ2) is 5.43. The standard InChI is InChI=1S/C15H11N5O/c1-2-5-18-15(21)14-19-13(11-4-3-6-16-9-11)12-10-17-7-8-20(12)14/h1,3-4,6-10H,5H2,(H,18,21). The molecule has 0 aliphatic heterocycles. The maximum atomic E-state index is 12.1. The zero-order valence-electron chi connectivity index (χ0n) is 11.0. The molecular formula is C15H11N5O. The number of carbonyl (C=O) groups excluding carboxylic acids is 1. The third-order valence-electron chi connectivity index (χ3n) is 2.94. The number of imidazole rings is 1. The van der Waals surface area contributed by atoms with Gasteiger partial charge in [0.15, 0.2) is 0 Å². The van der Waals surface area contributed by atoms with Crippen molar-refractivity contribution in [2.45, 2.75) is 0 Å². The van der Waals surface area contributed by atoms with Crippen LogP contribution in [0.1, 0.15) is 10.6 Å². The smallest absolute Gasteiger partial charge is 0.288 e. The minimum Gasteiger partial charge on any atom is -0.338 e. The Labute approximate surface area is 120 Å². The summed E-state index contributed by atoms with van der Waals surface area (Å²) in [5.41, 5.74) is 2.21. The van der Waals surface area contributed by atoms with E-state index in [9.17, 15) is 4.79 Å². The molecule has 0 aliphatic rings. The van der Waals surface area contributed by atoms with Crippen LogP contribution in [-0.2, 0) is 0 Å². The molecule has 3 heterocycles. The van der Waals surface area contributed by atoms with Crippen molar-refractivity contribution < 1.29 is 4.79 Å². The van der Waals surface area contributed by atoms with E-state index in [-0.39, 0.29) is 18.3 Å². The quantitative estimate of drug-likeness (QED) is 0.729. The maximum absolute atomic E-state index is 12.1. The van der Waals surface area contributed by atoms with Gasteiger partial charge in [-0.15, -0.1) is 6.42 Å². The van der Waals surface area contributed by atoms with Gasteiger partial charge in [-0.1, -0.05) is 5.92 Å². The van der Waals surface area contributed by atoms with Crippen LogP contribution in [0.4, 0.5) is 0 Å². The molecule has 102 valence electrons. The number of hydrogen-bond acceptors (Lipinski definition) is 4. The number of rotatable bonds is 3. The van der Waals surface area contributed by atoms with Crippen molar-refractivity contribution in [3.8, 4) is 23.6 Å². The third-order valence-corrected chi connectivity index (χ3v) is 2.94. The minimum atomic E-state index is -0.329. The van der Waals surface area contributed by atoms with Gasteiger partial charge >= 0.3 is 0 Å². The summed E-state index contributed by atoms with van der Waals surface area (Å²) in [6.45, 7) is 0.154. The summed E-state index contributed by atoms with van der Waals surface area (Å²) in [5, 5.41) is 2.61. The Morgan fingerprint density at radius 2 is 2.19 bits per heavy atom. The Hall–Kier alpha value is -3.20. The molecule has 0 aliphatic carbocycles. The lowest BCUT2D eigenvalue weighted by Crippen LogP contribution is -2.25. The first-order valence-corrected chi connectivity index (χ1v) is 6.25.